The van der Waals surface area contributed by atoms with E-state index in [0.29, 0.717) is 24.5 Å². The molecule has 0 bridgehead atoms. The van der Waals surface area contributed by atoms with Gasteiger partial charge in [-0.15, -0.1) is 0 Å². The molecule has 1 aromatic rings. The van der Waals surface area contributed by atoms with Crippen molar-refractivity contribution in [2.45, 2.75) is 59.3 Å². The van der Waals surface area contributed by atoms with Crippen molar-refractivity contribution in [1.29, 1.82) is 0 Å². The standard InChI is InChI=1S/C19H29NO4/c1-4-15(5-2)19(23)20-16-12-11-14(13-17(16)24-6-3)9-7-8-10-18(21)22/h11-13,15H,4-10H2,1-3H3,(H,20,23)(H,21,22). The molecule has 2 N–H and O–H groups in total. The van der Waals surface area contributed by atoms with Gasteiger partial charge < -0.3 is 15.2 Å². The molecular formula is C19H29NO4. The van der Waals surface area contributed by atoms with Crippen molar-refractivity contribution in [3.63, 3.8) is 0 Å². The molecule has 1 aromatic carbocycles. The summed E-state index contributed by atoms with van der Waals surface area (Å²) in [5.41, 5.74) is 1.78. The van der Waals surface area contributed by atoms with Gasteiger partial charge in [0.15, 0.2) is 0 Å². The van der Waals surface area contributed by atoms with Gasteiger partial charge in [0, 0.05) is 12.3 Å². The predicted molar refractivity (Wildman–Crippen MR) is 95.5 cm³/mol. The second kappa shape index (κ2) is 10.7. The van der Waals surface area contributed by atoms with Gasteiger partial charge in [-0.1, -0.05) is 19.9 Å². The molecule has 0 aromatic heterocycles. The Bertz CT molecular complexity index is 538. The highest BCUT2D eigenvalue weighted by molar-refractivity contribution is 5.93. The van der Waals surface area contributed by atoms with Crippen molar-refractivity contribution in [2.24, 2.45) is 5.92 Å². The van der Waals surface area contributed by atoms with Gasteiger partial charge in [0.1, 0.15) is 5.75 Å². The minimum atomic E-state index is -0.760. The van der Waals surface area contributed by atoms with Gasteiger partial charge in [0.2, 0.25) is 5.91 Å². The number of nitrogens with one attached hydrogen (secondary N) is 1. The largest absolute Gasteiger partial charge is 0.492 e. The van der Waals surface area contributed by atoms with Crippen LogP contribution in [0, 0.1) is 5.92 Å². The van der Waals surface area contributed by atoms with Crippen LogP contribution in [-0.4, -0.2) is 23.6 Å². The summed E-state index contributed by atoms with van der Waals surface area (Å²) in [7, 11) is 0. The van der Waals surface area contributed by atoms with E-state index in [4.69, 9.17) is 9.84 Å². The van der Waals surface area contributed by atoms with E-state index in [9.17, 15) is 9.59 Å². The predicted octanol–water partition coefficient (Wildman–Crippen LogP) is 4.26. The van der Waals surface area contributed by atoms with Crippen LogP contribution in [0.3, 0.4) is 0 Å². The summed E-state index contributed by atoms with van der Waals surface area (Å²) in [6.45, 7) is 6.46. The Balaban J connectivity index is 2.75. The normalized spacial score (nSPS) is 10.7. The monoisotopic (exact) mass is 335 g/mol. The van der Waals surface area contributed by atoms with Crippen LogP contribution in [0.25, 0.3) is 0 Å². The van der Waals surface area contributed by atoms with Gasteiger partial charge in [-0.2, -0.15) is 0 Å². The lowest BCUT2D eigenvalue weighted by Gasteiger charge is -2.16. The molecule has 134 valence electrons. The van der Waals surface area contributed by atoms with Gasteiger partial charge in [-0.05, 0) is 56.7 Å². The number of hydrogen-bond donors (Lipinski definition) is 2. The Morgan fingerprint density at radius 3 is 2.46 bits per heavy atom. The fourth-order valence-corrected chi connectivity index (χ4v) is 2.60. The quantitative estimate of drug-likeness (QED) is 0.593. The number of benzene rings is 1. The van der Waals surface area contributed by atoms with E-state index in [0.717, 1.165) is 31.2 Å². The van der Waals surface area contributed by atoms with E-state index in [1.807, 2.05) is 39.0 Å². The summed E-state index contributed by atoms with van der Waals surface area (Å²) in [4.78, 5) is 22.8. The zero-order valence-corrected chi connectivity index (χ0v) is 14.9. The third-order valence-corrected chi connectivity index (χ3v) is 4.07. The highest BCUT2D eigenvalue weighted by atomic mass is 16.5. The SMILES string of the molecule is CCOc1cc(CCCCC(=O)O)ccc1NC(=O)C(CC)CC. The zero-order valence-electron chi connectivity index (χ0n) is 14.9. The lowest BCUT2D eigenvalue weighted by atomic mass is 10.0. The molecule has 0 aliphatic heterocycles. The molecule has 5 heteroatoms. The average molecular weight is 335 g/mol. The summed E-state index contributed by atoms with van der Waals surface area (Å²) in [5, 5.41) is 11.6. The number of ether oxygens (including phenoxy) is 1. The molecule has 24 heavy (non-hydrogen) atoms. The third kappa shape index (κ3) is 6.60. The lowest BCUT2D eigenvalue weighted by molar-refractivity contribution is -0.137. The van der Waals surface area contributed by atoms with Crippen LogP contribution in [0.4, 0.5) is 5.69 Å². The van der Waals surface area contributed by atoms with Crippen LogP contribution in [0.15, 0.2) is 18.2 Å². The first-order valence-electron chi connectivity index (χ1n) is 8.80. The van der Waals surface area contributed by atoms with Crippen LogP contribution in [0.2, 0.25) is 0 Å². The molecule has 0 heterocycles. The first-order chi connectivity index (χ1) is 11.5. The van der Waals surface area contributed by atoms with Crippen molar-refractivity contribution < 1.29 is 19.4 Å². The molecule has 0 aliphatic carbocycles. The Hall–Kier alpha value is -2.04. The Morgan fingerprint density at radius 1 is 1.17 bits per heavy atom. The molecule has 0 atom stereocenters. The number of unbranched alkanes of at least 4 members (excludes halogenated alkanes) is 1. The highest BCUT2D eigenvalue weighted by Gasteiger charge is 2.16. The van der Waals surface area contributed by atoms with Crippen LogP contribution < -0.4 is 10.1 Å². The maximum atomic E-state index is 12.3. The maximum absolute atomic E-state index is 12.3. The van der Waals surface area contributed by atoms with Crippen LogP contribution in [0.5, 0.6) is 5.75 Å². The van der Waals surface area contributed by atoms with Gasteiger partial charge in [-0.25, -0.2) is 0 Å². The molecule has 0 fully saturated rings. The van der Waals surface area contributed by atoms with Gasteiger partial charge in [0.25, 0.3) is 0 Å². The van der Waals surface area contributed by atoms with Gasteiger partial charge in [-0.3, -0.25) is 9.59 Å². The van der Waals surface area contributed by atoms with Gasteiger partial charge >= 0.3 is 5.97 Å². The fourth-order valence-electron chi connectivity index (χ4n) is 2.60. The minimum Gasteiger partial charge on any atom is -0.492 e. The van der Waals surface area contributed by atoms with E-state index < -0.39 is 5.97 Å². The average Bonchev–Trinajstić information content (AvgIpc) is 2.55. The summed E-state index contributed by atoms with van der Waals surface area (Å²) in [5.74, 6) is -0.0534. The Labute approximate surface area is 144 Å². The molecule has 5 nitrogen and oxygen atoms in total. The number of rotatable bonds is 11. The topological polar surface area (TPSA) is 75.6 Å². The molecule has 0 unspecified atom stereocenters. The van der Waals surface area contributed by atoms with Crippen LogP contribution in [0.1, 0.15) is 58.4 Å². The molecular weight excluding hydrogens is 306 g/mol. The summed E-state index contributed by atoms with van der Waals surface area (Å²) >= 11 is 0. The number of aryl methyl sites for hydroxylation is 1. The first kappa shape index (κ1) is 20.0. The fraction of sp³-hybridized carbons (Fsp3) is 0.579. The summed E-state index contributed by atoms with van der Waals surface area (Å²) < 4.78 is 5.66. The number of carbonyl (C=O) groups excluding carboxylic acids is 1. The number of amides is 1. The van der Waals surface area contributed by atoms with E-state index in [1.165, 1.54) is 0 Å². The van der Waals surface area contributed by atoms with Crippen molar-refractivity contribution >= 4 is 17.6 Å². The number of aliphatic carboxylic acids is 1. The van der Waals surface area contributed by atoms with Crippen LogP contribution in [-0.2, 0) is 16.0 Å². The van der Waals surface area contributed by atoms with E-state index in [-0.39, 0.29) is 18.2 Å². The number of carbonyl (C=O) groups is 2. The number of carboxylic acid groups (broad SMARTS) is 1. The van der Waals surface area contributed by atoms with Gasteiger partial charge in [0.05, 0.1) is 12.3 Å². The number of carboxylic acids is 1. The third-order valence-electron chi connectivity index (χ3n) is 4.07. The number of hydrogen-bond acceptors (Lipinski definition) is 3. The Morgan fingerprint density at radius 2 is 1.88 bits per heavy atom. The first-order valence-corrected chi connectivity index (χ1v) is 8.80. The second-order valence-corrected chi connectivity index (χ2v) is 5.87. The van der Waals surface area contributed by atoms with Crippen molar-refractivity contribution in [3.8, 4) is 5.75 Å². The smallest absolute Gasteiger partial charge is 0.303 e. The van der Waals surface area contributed by atoms with E-state index in [2.05, 4.69) is 5.32 Å². The lowest BCUT2D eigenvalue weighted by Crippen LogP contribution is -2.22. The Kier molecular flexibility index (Phi) is 8.90. The second-order valence-electron chi connectivity index (χ2n) is 5.87. The van der Waals surface area contributed by atoms with Crippen LogP contribution >= 0.6 is 0 Å². The molecule has 1 amide bonds. The zero-order chi connectivity index (χ0) is 17.9. The molecule has 0 radical (unpaired) electrons. The van der Waals surface area contributed by atoms with E-state index in [1.54, 1.807) is 0 Å². The van der Waals surface area contributed by atoms with E-state index >= 15 is 0 Å². The van der Waals surface area contributed by atoms with Crippen molar-refractivity contribution in [2.75, 3.05) is 11.9 Å². The summed E-state index contributed by atoms with van der Waals surface area (Å²) in [6.07, 6.45) is 4.10. The molecule has 0 saturated carbocycles. The molecule has 0 saturated heterocycles. The molecule has 0 aliphatic rings. The minimum absolute atomic E-state index is 0.00942. The van der Waals surface area contributed by atoms with Crippen molar-refractivity contribution in [1.82, 2.24) is 0 Å². The molecule has 0 spiro atoms. The molecule has 1 rings (SSSR count). The summed E-state index contributed by atoms with van der Waals surface area (Å²) in [6, 6.07) is 5.77. The van der Waals surface area contributed by atoms with Crippen molar-refractivity contribution in [3.05, 3.63) is 23.8 Å². The number of anilines is 1. The highest BCUT2D eigenvalue weighted by Crippen LogP contribution is 2.28. The maximum Gasteiger partial charge on any atom is 0.303 e.